The van der Waals surface area contributed by atoms with Crippen LogP contribution in [0.3, 0.4) is 0 Å². The minimum atomic E-state index is -1.37. The summed E-state index contributed by atoms with van der Waals surface area (Å²) in [6, 6.07) is 11.4. The third-order valence-corrected chi connectivity index (χ3v) is 6.52. The normalized spacial score (nSPS) is 24.3. The number of aliphatic hydroxyl groups is 3. The van der Waals surface area contributed by atoms with Crippen molar-refractivity contribution in [3.8, 4) is 11.5 Å². The molecule has 1 saturated heterocycles. The number of aliphatic hydroxyl groups excluding tert-OH is 3. The fraction of sp³-hybridized carbons (Fsp3) is 0.364. The number of phenolic OH excluding ortho intramolecular Hbond substituents is 1. The third kappa shape index (κ3) is 3.77. The minimum Gasteiger partial charge on any atom is -0.504 e. The number of fused-ring (bicyclic) bond motifs is 1. The van der Waals surface area contributed by atoms with Gasteiger partial charge in [0.25, 0.3) is 0 Å². The van der Waals surface area contributed by atoms with Gasteiger partial charge in [-0.25, -0.2) is 0 Å². The van der Waals surface area contributed by atoms with Gasteiger partial charge in [0, 0.05) is 33.5 Å². The second kappa shape index (κ2) is 8.49. The lowest BCUT2D eigenvalue weighted by Crippen LogP contribution is -2.44. The molecular formula is C22H23FO6S. The standard InChI is InChI=1S/C22H23FO6S/c1-28-21-12(7-14-6-11-4-2-3-5-17(11)30-14)8-15(19(26)18(21)23)22-20(27)16(25)9-13(10-24)29-22/h2-6,8,13,16,20,22,24-27H,7,9-10H2,1H3. The molecule has 0 spiro atoms. The van der Waals surface area contributed by atoms with E-state index in [1.807, 2.05) is 30.3 Å². The van der Waals surface area contributed by atoms with Crippen LogP contribution in [0.1, 0.15) is 28.5 Å². The topological polar surface area (TPSA) is 99.4 Å². The minimum absolute atomic E-state index is 0.00844. The number of hydrogen-bond donors (Lipinski definition) is 4. The fourth-order valence-corrected chi connectivity index (χ4v) is 4.99. The molecule has 0 radical (unpaired) electrons. The van der Waals surface area contributed by atoms with Crippen molar-refractivity contribution in [1.29, 1.82) is 0 Å². The van der Waals surface area contributed by atoms with Crippen LogP contribution in [0.4, 0.5) is 4.39 Å². The van der Waals surface area contributed by atoms with Crippen LogP contribution in [0, 0.1) is 5.82 Å². The van der Waals surface area contributed by atoms with Crippen LogP contribution >= 0.6 is 11.3 Å². The van der Waals surface area contributed by atoms with Crippen LogP contribution in [-0.2, 0) is 11.2 Å². The van der Waals surface area contributed by atoms with E-state index in [4.69, 9.17) is 9.47 Å². The maximum Gasteiger partial charge on any atom is 0.207 e. The Morgan fingerprint density at radius 1 is 1.23 bits per heavy atom. The van der Waals surface area contributed by atoms with E-state index in [1.54, 1.807) is 11.3 Å². The Hall–Kier alpha value is -2.23. The van der Waals surface area contributed by atoms with Gasteiger partial charge in [-0.05, 0) is 23.6 Å². The summed E-state index contributed by atoms with van der Waals surface area (Å²) < 4.78 is 26.9. The molecule has 2 heterocycles. The van der Waals surface area contributed by atoms with Crippen LogP contribution < -0.4 is 4.74 Å². The lowest BCUT2D eigenvalue weighted by molar-refractivity contribution is -0.180. The van der Waals surface area contributed by atoms with Crippen LogP contribution in [0.25, 0.3) is 10.1 Å². The van der Waals surface area contributed by atoms with E-state index in [9.17, 15) is 24.8 Å². The lowest BCUT2D eigenvalue weighted by Gasteiger charge is -2.37. The Bertz CT molecular complexity index is 1020. The molecule has 0 saturated carbocycles. The first-order valence-corrected chi connectivity index (χ1v) is 10.4. The van der Waals surface area contributed by atoms with Crippen molar-refractivity contribution < 1.29 is 34.3 Å². The van der Waals surface area contributed by atoms with E-state index in [-0.39, 0.29) is 24.3 Å². The summed E-state index contributed by atoms with van der Waals surface area (Å²) in [6.07, 6.45) is -4.07. The van der Waals surface area contributed by atoms with Crippen molar-refractivity contribution in [2.45, 2.75) is 37.3 Å². The van der Waals surface area contributed by atoms with E-state index in [2.05, 4.69) is 0 Å². The van der Waals surface area contributed by atoms with Crippen molar-refractivity contribution in [2.24, 2.45) is 0 Å². The van der Waals surface area contributed by atoms with Crippen molar-refractivity contribution in [1.82, 2.24) is 0 Å². The number of thiophene rings is 1. The predicted molar refractivity (Wildman–Crippen MR) is 111 cm³/mol. The zero-order chi connectivity index (χ0) is 21.4. The smallest absolute Gasteiger partial charge is 0.207 e. The molecule has 3 aromatic rings. The molecule has 1 aromatic heterocycles. The zero-order valence-electron chi connectivity index (χ0n) is 16.3. The van der Waals surface area contributed by atoms with Gasteiger partial charge in [-0.15, -0.1) is 11.3 Å². The fourth-order valence-electron chi connectivity index (χ4n) is 3.91. The van der Waals surface area contributed by atoms with Crippen molar-refractivity contribution in [2.75, 3.05) is 13.7 Å². The molecule has 4 unspecified atom stereocenters. The largest absolute Gasteiger partial charge is 0.504 e. The SMILES string of the molecule is COc1c(Cc2cc3ccccc3s2)cc(C2OC(CO)CC(O)C2O)c(O)c1F. The molecular weight excluding hydrogens is 411 g/mol. The molecule has 4 N–H and O–H groups in total. The Labute approximate surface area is 176 Å². The van der Waals surface area contributed by atoms with Crippen LogP contribution in [0.5, 0.6) is 11.5 Å². The summed E-state index contributed by atoms with van der Waals surface area (Å²) in [4.78, 5) is 0.976. The maximum atomic E-state index is 15.0. The summed E-state index contributed by atoms with van der Waals surface area (Å²) >= 11 is 1.57. The molecule has 0 amide bonds. The lowest BCUT2D eigenvalue weighted by atomic mass is 9.91. The highest BCUT2D eigenvalue weighted by Gasteiger charge is 2.39. The van der Waals surface area contributed by atoms with Gasteiger partial charge in [-0.1, -0.05) is 18.2 Å². The summed E-state index contributed by atoms with van der Waals surface area (Å²) in [5.74, 6) is -1.75. The van der Waals surface area contributed by atoms with E-state index >= 15 is 0 Å². The molecule has 30 heavy (non-hydrogen) atoms. The van der Waals surface area contributed by atoms with E-state index in [0.717, 1.165) is 15.0 Å². The summed E-state index contributed by atoms with van der Waals surface area (Å²) in [7, 11) is 1.32. The molecule has 1 fully saturated rings. The molecule has 1 aliphatic heterocycles. The first-order chi connectivity index (χ1) is 14.4. The highest BCUT2D eigenvalue weighted by atomic mass is 32.1. The molecule has 4 rings (SSSR count). The maximum absolute atomic E-state index is 15.0. The second-order valence-corrected chi connectivity index (χ2v) is 8.57. The number of benzene rings is 2. The van der Waals surface area contributed by atoms with Gasteiger partial charge in [0.2, 0.25) is 5.82 Å². The Morgan fingerprint density at radius 3 is 2.70 bits per heavy atom. The van der Waals surface area contributed by atoms with Crippen LogP contribution in [0.2, 0.25) is 0 Å². The van der Waals surface area contributed by atoms with Gasteiger partial charge in [0.05, 0.1) is 25.9 Å². The first-order valence-electron chi connectivity index (χ1n) is 9.61. The number of methoxy groups -OCH3 is 1. The number of ether oxygens (including phenoxy) is 2. The molecule has 160 valence electrons. The van der Waals surface area contributed by atoms with Gasteiger partial charge in [0.15, 0.2) is 11.5 Å². The van der Waals surface area contributed by atoms with Crippen molar-refractivity contribution in [3.05, 3.63) is 58.2 Å². The monoisotopic (exact) mass is 434 g/mol. The molecule has 8 heteroatoms. The number of rotatable bonds is 5. The average molecular weight is 434 g/mol. The van der Waals surface area contributed by atoms with E-state index in [1.165, 1.54) is 13.2 Å². The number of phenols is 1. The summed E-state index contributed by atoms with van der Waals surface area (Å²) in [6.45, 7) is -0.367. The van der Waals surface area contributed by atoms with Crippen LogP contribution in [0.15, 0.2) is 36.4 Å². The molecule has 6 nitrogen and oxygen atoms in total. The van der Waals surface area contributed by atoms with Gasteiger partial charge >= 0.3 is 0 Å². The van der Waals surface area contributed by atoms with Crippen molar-refractivity contribution in [3.63, 3.8) is 0 Å². The highest BCUT2D eigenvalue weighted by molar-refractivity contribution is 7.19. The Kier molecular flexibility index (Phi) is 5.95. The van der Waals surface area contributed by atoms with Gasteiger partial charge in [-0.2, -0.15) is 4.39 Å². The van der Waals surface area contributed by atoms with E-state index < -0.39 is 36.0 Å². The zero-order valence-corrected chi connectivity index (χ0v) is 17.1. The summed E-state index contributed by atoms with van der Waals surface area (Å²) in [5, 5.41) is 41.5. The van der Waals surface area contributed by atoms with Crippen molar-refractivity contribution >= 4 is 21.4 Å². The molecule has 2 aromatic carbocycles. The van der Waals surface area contributed by atoms with Gasteiger partial charge in [-0.3, -0.25) is 0 Å². The number of aromatic hydroxyl groups is 1. The van der Waals surface area contributed by atoms with Gasteiger partial charge < -0.3 is 29.9 Å². The molecule has 1 aliphatic rings. The number of hydrogen-bond acceptors (Lipinski definition) is 7. The first kappa shape index (κ1) is 21.0. The third-order valence-electron chi connectivity index (χ3n) is 5.41. The predicted octanol–water partition coefficient (Wildman–Crippen LogP) is 2.89. The Morgan fingerprint density at radius 2 is 2.00 bits per heavy atom. The van der Waals surface area contributed by atoms with Gasteiger partial charge in [0.1, 0.15) is 12.2 Å². The molecule has 4 atom stereocenters. The quantitative estimate of drug-likeness (QED) is 0.493. The number of halogens is 1. The highest BCUT2D eigenvalue weighted by Crippen LogP contribution is 2.42. The van der Waals surface area contributed by atoms with E-state index in [0.29, 0.717) is 12.0 Å². The molecule has 0 bridgehead atoms. The van der Waals surface area contributed by atoms with Crippen LogP contribution in [-0.4, -0.2) is 52.5 Å². The Balaban J connectivity index is 1.76. The average Bonchev–Trinajstić information content (AvgIpc) is 3.15. The second-order valence-electron chi connectivity index (χ2n) is 7.40. The summed E-state index contributed by atoms with van der Waals surface area (Å²) in [5.41, 5.74) is 0.486. The molecule has 0 aliphatic carbocycles.